The predicted octanol–water partition coefficient (Wildman–Crippen LogP) is 3.47. The second-order valence-electron chi connectivity index (χ2n) is 9.09. The third kappa shape index (κ3) is 6.04. The monoisotopic (exact) mass is 437 g/mol. The molecule has 2 aromatic rings. The number of pyridine rings is 1. The second-order valence-corrected chi connectivity index (χ2v) is 9.09. The molecule has 7 nitrogen and oxygen atoms in total. The summed E-state index contributed by atoms with van der Waals surface area (Å²) in [6, 6.07) is 3.92. The maximum Gasteiger partial charge on any atom is 0.253 e. The normalized spacial score (nSPS) is 24.2. The van der Waals surface area contributed by atoms with Crippen LogP contribution in [-0.2, 0) is 4.74 Å². The summed E-state index contributed by atoms with van der Waals surface area (Å²) in [7, 11) is 0. The molecule has 3 heterocycles. The summed E-state index contributed by atoms with van der Waals surface area (Å²) in [5.74, 6) is 1.83. The first kappa shape index (κ1) is 22.7. The van der Waals surface area contributed by atoms with Crippen molar-refractivity contribution < 1.29 is 9.53 Å². The molecule has 1 saturated heterocycles. The van der Waals surface area contributed by atoms with E-state index in [4.69, 9.17) is 4.74 Å². The minimum absolute atomic E-state index is 0.0269. The molecule has 172 valence electrons. The minimum Gasteiger partial charge on any atom is -0.377 e. The molecule has 1 amide bonds. The number of likely N-dealkylation sites (tertiary alicyclic amines) is 1. The van der Waals surface area contributed by atoms with Crippen LogP contribution in [-0.4, -0.2) is 64.2 Å². The number of piperidine rings is 1. The molecule has 1 N–H and O–H groups in total. The van der Waals surface area contributed by atoms with Crippen LogP contribution in [0, 0.1) is 11.8 Å². The van der Waals surface area contributed by atoms with E-state index in [9.17, 15) is 4.79 Å². The number of aromatic nitrogens is 3. The molecular formula is C25H35N5O2. The van der Waals surface area contributed by atoms with Crippen molar-refractivity contribution in [2.45, 2.75) is 44.6 Å². The zero-order chi connectivity index (χ0) is 22.2. The molecule has 2 aliphatic rings. The predicted molar refractivity (Wildman–Crippen MR) is 125 cm³/mol. The Bertz CT molecular complexity index is 852. The van der Waals surface area contributed by atoms with Crippen LogP contribution in [0.4, 0.5) is 0 Å². The first-order valence-corrected chi connectivity index (χ1v) is 11.9. The third-order valence-electron chi connectivity index (χ3n) is 6.69. The van der Waals surface area contributed by atoms with Gasteiger partial charge in [-0.2, -0.15) is 0 Å². The Hall–Kier alpha value is -2.51. The lowest BCUT2D eigenvalue weighted by molar-refractivity contribution is 0.0599. The fourth-order valence-electron chi connectivity index (χ4n) is 5.04. The van der Waals surface area contributed by atoms with Gasteiger partial charge in [0.2, 0.25) is 0 Å². The average molecular weight is 438 g/mol. The van der Waals surface area contributed by atoms with E-state index in [0.29, 0.717) is 24.0 Å². The Morgan fingerprint density at radius 2 is 2.16 bits per heavy atom. The molecule has 1 aliphatic heterocycles. The van der Waals surface area contributed by atoms with Crippen molar-refractivity contribution in [3.05, 3.63) is 55.3 Å². The maximum absolute atomic E-state index is 12.9. The number of hydrogen-bond acceptors (Lipinski definition) is 5. The van der Waals surface area contributed by atoms with Crippen LogP contribution in [0.25, 0.3) is 5.82 Å². The summed E-state index contributed by atoms with van der Waals surface area (Å²) in [5.41, 5.74) is 0.607. The molecule has 4 rings (SSSR count). The van der Waals surface area contributed by atoms with Crippen LogP contribution in [0.3, 0.4) is 0 Å². The highest BCUT2D eigenvalue weighted by molar-refractivity contribution is 5.94. The number of nitrogens with one attached hydrogen (secondary N) is 1. The lowest BCUT2D eigenvalue weighted by Gasteiger charge is -2.39. The zero-order valence-electron chi connectivity index (χ0n) is 18.9. The van der Waals surface area contributed by atoms with E-state index in [1.54, 1.807) is 18.7 Å². The van der Waals surface area contributed by atoms with Crippen LogP contribution in [0.5, 0.6) is 0 Å². The summed E-state index contributed by atoms with van der Waals surface area (Å²) in [5, 5.41) is 3.32. The second kappa shape index (κ2) is 11.4. The van der Waals surface area contributed by atoms with Gasteiger partial charge in [-0.15, -0.1) is 6.58 Å². The lowest BCUT2D eigenvalue weighted by atomic mass is 9.83. The molecule has 1 saturated carbocycles. The molecule has 0 aromatic carbocycles. The molecule has 0 bridgehead atoms. The summed E-state index contributed by atoms with van der Waals surface area (Å²) in [4.78, 5) is 24.0. The number of nitrogens with zero attached hydrogens (tertiary/aromatic N) is 4. The summed E-state index contributed by atoms with van der Waals surface area (Å²) >= 11 is 0. The molecule has 2 aromatic heterocycles. The van der Waals surface area contributed by atoms with Crippen molar-refractivity contribution in [2.24, 2.45) is 11.8 Å². The third-order valence-corrected chi connectivity index (χ3v) is 6.69. The van der Waals surface area contributed by atoms with Gasteiger partial charge in [-0.1, -0.05) is 18.9 Å². The van der Waals surface area contributed by atoms with E-state index in [2.05, 4.69) is 26.8 Å². The molecule has 1 aliphatic carbocycles. The lowest BCUT2D eigenvalue weighted by Crippen LogP contribution is -2.48. The minimum atomic E-state index is -0.0269. The Kier molecular flexibility index (Phi) is 8.07. The Morgan fingerprint density at radius 3 is 2.94 bits per heavy atom. The molecule has 0 spiro atoms. The standard InChI is InChI=1S/C25H35N5O2/c1-2-14-32-18-20-6-5-12-29(16-20)17-22-7-3-4-8-23(22)28-25(31)21-9-10-24(27-15-21)30-13-11-26-19-30/h2,9-11,13,15,19-20,22-23H,1,3-8,12,14,16-18H2,(H,28,31)/t20?,22?,23-/m0/s1. The Morgan fingerprint density at radius 1 is 1.25 bits per heavy atom. The van der Waals surface area contributed by atoms with Gasteiger partial charge >= 0.3 is 0 Å². The molecule has 2 unspecified atom stereocenters. The summed E-state index contributed by atoms with van der Waals surface area (Å²) in [6.07, 6.45) is 15.8. The summed E-state index contributed by atoms with van der Waals surface area (Å²) in [6.45, 7) is 8.47. The molecule has 7 heteroatoms. The Labute approximate surface area is 190 Å². The van der Waals surface area contributed by atoms with Crippen LogP contribution in [0.2, 0.25) is 0 Å². The van der Waals surface area contributed by atoms with Gasteiger partial charge in [0.15, 0.2) is 0 Å². The molecular weight excluding hydrogens is 402 g/mol. The Balaban J connectivity index is 1.32. The number of carbonyl (C=O) groups is 1. The zero-order valence-corrected chi connectivity index (χ0v) is 18.9. The van der Waals surface area contributed by atoms with E-state index in [0.717, 1.165) is 38.5 Å². The SMILES string of the molecule is C=CCOCC1CCCN(CC2CCCC[C@@H]2NC(=O)c2ccc(-n3ccnc3)nc2)C1. The average Bonchev–Trinajstić information content (AvgIpc) is 3.36. The fourth-order valence-corrected chi connectivity index (χ4v) is 5.04. The highest BCUT2D eigenvalue weighted by Gasteiger charge is 2.30. The van der Waals surface area contributed by atoms with Gasteiger partial charge in [0, 0.05) is 37.7 Å². The first-order chi connectivity index (χ1) is 15.7. The quantitative estimate of drug-likeness (QED) is 0.480. The van der Waals surface area contributed by atoms with Crippen LogP contribution in [0.15, 0.2) is 49.7 Å². The van der Waals surface area contributed by atoms with Gasteiger partial charge in [0.25, 0.3) is 5.91 Å². The highest BCUT2D eigenvalue weighted by Crippen LogP contribution is 2.27. The highest BCUT2D eigenvalue weighted by atomic mass is 16.5. The van der Waals surface area contributed by atoms with E-state index in [1.165, 1.54) is 32.1 Å². The molecule has 0 radical (unpaired) electrons. The van der Waals surface area contributed by atoms with Crippen molar-refractivity contribution >= 4 is 5.91 Å². The number of amides is 1. The van der Waals surface area contributed by atoms with Gasteiger partial charge in [0.1, 0.15) is 12.1 Å². The molecule has 32 heavy (non-hydrogen) atoms. The van der Waals surface area contributed by atoms with Gasteiger partial charge in [-0.05, 0) is 56.2 Å². The van der Waals surface area contributed by atoms with Crippen LogP contribution >= 0.6 is 0 Å². The van der Waals surface area contributed by atoms with Crippen molar-refractivity contribution in [1.29, 1.82) is 0 Å². The van der Waals surface area contributed by atoms with E-state index in [-0.39, 0.29) is 11.9 Å². The van der Waals surface area contributed by atoms with Gasteiger partial charge < -0.3 is 15.0 Å². The fraction of sp³-hybridized carbons (Fsp3) is 0.560. The number of imidazole rings is 1. The van der Waals surface area contributed by atoms with Crippen molar-refractivity contribution in [1.82, 2.24) is 24.8 Å². The van der Waals surface area contributed by atoms with E-state index in [1.807, 2.05) is 29.0 Å². The number of ether oxygens (including phenoxy) is 1. The van der Waals surface area contributed by atoms with E-state index < -0.39 is 0 Å². The topological polar surface area (TPSA) is 72.3 Å². The molecule has 3 atom stereocenters. The largest absolute Gasteiger partial charge is 0.377 e. The maximum atomic E-state index is 12.9. The van der Waals surface area contributed by atoms with Crippen molar-refractivity contribution in [3.63, 3.8) is 0 Å². The van der Waals surface area contributed by atoms with Crippen molar-refractivity contribution in [2.75, 3.05) is 32.8 Å². The number of rotatable bonds is 9. The first-order valence-electron chi connectivity index (χ1n) is 11.9. The number of carbonyl (C=O) groups excluding carboxylic acids is 1. The smallest absolute Gasteiger partial charge is 0.253 e. The van der Waals surface area contributed by atoms with E-state index >= 15 is 0 Å². The van der Waals surface area contributed by atoms with Gasteiger partial charge in [0.05, 0.1) is 18.8 Å². The number of hydrogen-bond donors (Lipinski definition) is 1. The van der Waals surface area contributed by atoms with Crippen LogP contribution in [0.1, 0.15) is 48.9 Å². The van der Waals surface area contributed by atoms with Crippen molar-refractivity contribution in [3.8, 4) is 5.82 Å². The van der Waals surface area contributed by atoms with Gasteiger partial charge in [-0.25, -0.2) is 9.97 Å². The summed E-state index contributed by atoms with van der Waals surface area (Å²) < 4.78 is 7.53. The van der Waals surface area contributed by atoms with Crippen LogP contribution < -0.4 is 5.32 Å². The van der Waals surface area contributed by atoms with Gasteiger partial charge in [-0.3, -0.25) is 9.36 Å². The molecule has 2 fully saturated rings.